The monoisotopic (exact) mass is 326 g/mol. The Morgan fingerprint density at radius 1 is 1.27 bits per heavy atom. The third kappa shape index (κ3) is 3.91. The lowest BCUT2D eigenvalue weighted by molar-refractivity contribution is -0.137. The van der Waals surface area contributed by atoms with Crippen molar-refractivity contribution in [1.29, 1.82) is 0 Å². The van der Waals surface area contributed by atoms with E-state index in [0.717, 1.165) is 31.7 Å². The highest BCUT2D eigenvalue weighted by molar-refractivity contribution is 6.32. The zero-order valence-corrected chi connectivity index (χ0v) is 14.1. The van der Waals surface area contributed by atoms with E-state index in [1.807, 2.05) is 23.1 Å². The van der Waals surface area contributed by atoms with E-state index in [-0.39, 0.29) is 18.6 Å². The van der Waals surface area contributed by atoms with Crippen molar-refractivity contribution in [3.63, 3.8) is 0 Å². The van der Waals surface area contributed by atoms with Crippen molar-refractivity contribution in [1.82, 2.24) is 9.80 Å². The number of ether oxygens (including phenoxy) is 2. The van der Waals surface area contributed by atoms with E-state index in [2.05, 4.69) is 11.8 Å². The lowest BCUT2D eigenvalue weighted by atomic mass is 10.1. The molecule has 0 bridgehead atoms. The van der Waals surface area contributed by atoms with Crippen LogP contribution in [0.1, 0.15) is 18.5 Å². The van der Waals surface area contributed by atoms with Crippen LogP contribution in [0.25, 0.3) is 0 Å². The van der Waals surface area contributed by atoms with Gasteiger partial charge in [0.2, 0.25) is 5.91 Å². The fourth-order valence-electron chi connectivity index (χ4n) is 2.73. The highest BCUT2D eigenvalue weighted by Gasteiger charge is 2.24. The van der Waals surface area contributed by atoms with E-state index in [0.29, 0.717) is 10.8 Å². The van der Waals surface area contributed by atoms with Crippen molar-refractivity contribution in [2.24, 2.45) is 0 Å². The number of piperazine rings is 1. The van der Waals surface area contributed by atoms with E-state index >= 15 is 0 Å². The molecule has 0 saturated carbocycles. The normalized spacial score (nSPS) is 17.4. The van der Waals surface area contributed by atoms with E-state index in [4.69, 9.17) is 21.1 Å². The summed E-state index contributed by atoms with van der Waals surface area (Å²) < 4.78 is 10.1. The van der Waals surface area contributed by atoms with Crippen molar-refractivity contribution in [2.75, 3.05) is 47.0 Å². The summed E-state index contributed by atoms with van der Waals surface area (Å²) in [6.45, 7) is 5.47. The van der Waals surface area contributed by atoms with Gasteiger partial charge in [-0.05, 0) is 24.6 Å². The molecule has 22 heavy (non-hydrogen) atoms. The Kier molecular flexibility index (Phi) is 6.06. The first-order valence-corrected chi connectivity index (χ1v) is 7.78. The zero-order chi connectivity index (χ0) is 16.1. The van der Waals surface area contributed by atoms with Gasteiger partial charge in [0, 0.05) is 39.3 Å². The molecule has 0 N–H and O–H groups in total. The minimum absolute atomic E-state index is 0.0577. The highest BCUT2D eigenvalue weighted by atomic mass is 35.5. The molecule has 1 atom stereocenters. The van der Waals surface area contributed by atoms with E-state index in [1.165, 1.54) is 0 Å². The van der Waals surface area contributed by atoms with Gasteiger partial charge in [0.25, 0.3) is 0 Å². The average Bonchev–Trinajstić information content (AvgIpc) is 2.54. The van der Waals surface area contributed by atoms with Crippen LogP contribution in [0.5, 0.6) is 5.75 Å². The largest absolute Gasteiger partial charge is 0.495 e. The first kappa shape index (κ1) is 17.1. The summed E-state index contributed by atoms with van der Waals surface area (Å²) in [6.07, 6.45) is 0. The Morgan fingerprint density at radius 3 is 2.50 bits per heavy atom. The molecule has 0 radical (unpaired) electrons. The second-order valence-electron chi connectivity index (χ2n) is 5.42. The Hall–Kier alpha value is -1.30. The second-order valence-corrected chi connectivity index (χ2v) is 5.83. The average molecular weight is 327 g/mol. The van der Waals surface area contributed by atoms with Crippen LogP contribution >= 0.6 is 11.6 Å². The maximum atomic E-state index is 11.8. The van der Waals surface area contributed by atoms with Gasteiger partial charge in [0.15, 0.2) is 0 Å². The molecule has 1 heterocycles. The number of amides is 1. The Labute approximate surface area is 136 Å². The quantitative estimate of drug-likeness (QED) is 0.832. The molecule has 0 spiro atoms. The minimum Gasteiger partial charge on any atom is -0.495 e. The lowest BCUT2D eigenvalue weighted by Gasteiger charge is -2.38. The molecule has 6 heteroatoms. The third-order valence-corrected chi connectivity index (χ3v) is 4.44. The Balaban J connectivity index is 1.96. The predicted octanol–water partition coefficient (Wildman–Crippen LogP) is 2.20. The number of carbonyl (C=O) groups excluding carboxylic acids is 1. The van der Waals surface area contributed by atoms with Crippen molar-refractivity contribution in [3.05, 3.63) is 28.8 Å². The number of hydrogen-bond acceptors (Lipinski definition) is 4. The van der Waals surface area contributed by atoms with Crippen LogP contribution < -0.4 is 4.74 Å². The zero-order valence-electron chi connectivity index (χ0n) is 13.3. The first-order chi connectivity index (χ1) is 10.6. The van der Waals surface area contributed by atoms with Crippen molar-refractivity contribution >= 4 is 17.5 Å². The van der Waals surface area contributed by atoms with Crippen LogP contribution in [0.3, 0.4) is 0 Å². The number of methoxy groups -OCH3 is 2. The molecule has 1 aliphatic heterocycles. The first-order valence-electron chi connectivity index (χ1n) is 7.41. The predicted molar refractivity (Wildman–Crippen MR) is 86.4 cm³/mol. The number of benzene rings is 1. The van der Waals surface area contributed by atoms with E-state index in [9.17, 15) is 4.79 Å². The van der Waals surface area contributed by atoms with Gasteiger partial charge in [-0.1, -0.05) is 17.7 Å². The minimum atomic E-state index is 0.0577. The lowest BCUT2D eigenvalue weighted by Crippen LogP contribution is -2.50. The van der Waals surface area contributed by atoms with Crippen LogP contribution in [0, 0.1) is 0 Å². The number of halogens is 1. The molecular weight excluding hydrogens is 304 g/mol. The summed E-state index contributed by atoms with van der Waals surface area (Å²) in [4.78, 5) is 16.0. The van der Waals surface area contributed by atoms with E-state index < -0.39 is 0 Å². The number of hydrogen-bond donors (Lipinski definition) is 0. The standard InChI is InChI=1S/C16H23ClN2O3/c1-12(13-4-5-15(22-3)14(17)10-13)18-6-8-19(9-7-18)16(20)11-21-2/h4-5,10,12H,6-9,11H2,1-3H3/t12-/m0/s1. The van der Waals surface area contributed by atoms with Crippen molar-refractivity contribution < 1.29 is 14.3 Å². The highest BCUT2D eigenvalue weighted by Crippen LogP contribution is 2.30. The molecule has 0 aliphatic carbocycles. The molecule has 1 aromatic rings. The van der Waals surface area contributed by atoms with Crippen LogP contribution in [-0.4, -0.2) is 62.7 Å². The van der Waals surface area contributed by atoms with Gasteiger partial charge in [0.05, 0.1) is 12.1 Å². The summed E-state index contributed by atoms with van der Waals surface area (Å²) >= 11 is 6.20. The van der Waals surface area contributed by atoms with Gasteiger partial charge >= 0.3 is 0 Å². The van der Waals surface area contributed by atoms with Crippen LogP contribution in [-0.2, 0) is 9.53 Å². The number of carbonyl (C=O) groups is 1. The Bertz CT molecular complexity index is 516. The topological polar surface area (TPSA) is 42.0 Å². The summed E-state index contributed by atoms with van der Waals surface area (Å²) in [5, 5.41) is 0.626. The van der Waals surface area contributed by atoms with Crippen molar-refractivity contribution in [3.8, 4) is 5.75 Å². The maximum absolute atomic E-state index is 11.8. The third-order valence-electron chi connectivity index (χ3n) is 4.14. The van der Waals surface area contributed by atoms with E-state index in [1.54, 1.807) is 14.2 Å². The smallest absolute Gasteiger partial charge is 0.248 e. The van der Waals surface area contributed by atoms with Crippen LogP contribution in [0.15, 0.2) is 18.2 Å². The fourth-order valence-corrected chi connectivity index (χ4v) is 2.99. The van der Waals surface area contributed by atoms with Crippen LogP contribution in [0.2, 0.25) is 5.02 Å². The molecule has 5 nitrogen and oxygen atoms in total. The van der Waals surface area contributed by atoms with Gasteiger partial charge in [-0.15, -0.1) is 0 Å². The van der Waals surface area contributed by atoms with Gasteiger partial charge in [-0.3, -0.25) is 9.69 Å². The molecule has 0 unspecified atom stereocenters. The summed E-state index contributed by atoms with van der Waals surface area (Å²) in [5.41, 5.74) is 1.16. The fraction of sp³-hybridized carbons (Fsp3) is 0.562. The summed E-state index contributed by atoms with van der Waals surface area (Å²) in [5.74, 6) is 0.745. The van der Waals surface area contributed by atoms with Gasteiger partial charge in [0.1, 0.15) is 12.4 Å². The Morgan fingerprint density at radius 2 is 1.95 bits per heavy atom. The summed E-state index contributed by atoms with van der Waals surface area (Å²) in [6, 6.07) is 6.14. The summed E-state index contributed by atoms with van der Waals surface area (Å²) in [7, 11) is 3.16. The van der Waals surface area contributed by atoms with Crippen LogP contribution in [0.4, 0.5) is 0 Å². The molecule has 1 amide bonds. The molecule has 0 aromatic heterocycles. The molecule has 2 rings (SSSR count). The second kappa shape index (κ2) is 7.81. The number of nitrogens with zero attached hydrogens (tertiary/aromatic N) is 2. The van der Waals surface area contributed by atoms with Gasteiger partial charge in [-0.25, -0.2) is 0 Å². The SMILES string of the molecule is COCC(=O)N1CCN([C@@H](C)c2ccc(OC)c(Cl)c2)CC1. The molecule has 1 aromatic carbocycles. The molecule has 122 valence electrons. The van der Waals surface area contributed by atoms with Gasteiger partial charge in [-0.2, -0.15) is 0 Å². The maximum Gasteiger partial charge on any atom is 0.248 e. The molecular formula is C16H23ClN2O3. The molecule has 1 fully saturated rings. The van der Waals surface area contributed by atoms with Crippen molar-refractivity contribution in [2.45, 2.75) is 13.0 Å². The molecule has 1 aliphatic rings. The molecule has 1 saturated heterocycles. The number of rotatable bonds is 5. The van der Waals surface area contributed by atoms with Gasteiger partial charge < -0.3 is 14.4 Å².